The molecule has 0 aliphatic rings. The number of hydrogen-bond donors (Lipinski definition) is 1. The molecular weight excluding hydrogens is 340 g/mol. The first-order valence-electron chi connectivity index (χ1n) is 7.94. The van der Waals surface area contributed by atoms with Crippen LogP contribution in [0.1, 0.15) is 29.7 Å². The summed E-state index contributed by atoms with van der Waals surface area (Å²) in [5.74, 6) is 1.84. The zero-order valence-corrected chi connectivity index (χ0v) is 14.9. The van der Waals surface area contributed by atoms with Crippen molar-refractivity contribution in [1.29, 1.82) is 0 Å². The van der Waals surface area contributed by atoms with Gasteiger partial charge in [0.2, 0.25) is 0 Å². The number of nitrogens with two attached hydrogens (primary N) is 1. The van der Waals surface area contributed by atoms with Gasteiger partial charge in [-0.05, 0) is 37.6 Å². The van der Waals surface area contributed by atoms with E-state index >= 15 is 0 Å². The Kier molecular flexibility index (Phi) is 5.14. The fourth-order valence-corrected chi connectivity index (χ4v) is 2.60. The molecule has 0 bridgehead atoms. The lowest BCUT2D eigenvalue weighted by Crippen LogP contribution is -2.11. The molecule has 25 heavy (non-hydrogen) atoms. The molecule has 0 atom stereocenters. The van der Waals surface area contributed by atoms with Crippen molar-refractivity contribution in [1.82, 2.24) is 25.0 Å². The van der Waals surface area contributed by atoms with Crippen molar-refractivity contribution in [2.24, 2.45) is 0 Å². The number of nitrogen functional groups attached to an aromatic ring is 1. The Morgan fingerprint density at radius 1 is 1.24 bits per heavy atom. The zero-order chi connectivity index (χ0) is 17.8. The van der Waals surface area contributed by atoms with Crippen LogP contribution in [0, 0.1) is 6.92 Å². The maximum atomic E-state index is 5.97. The number of ether oxygens (including phenoxy) is 1. The van der Waals surface area contributed by atoms with Gasteiger partial charge in [-0.1, -0.05) is 23.7 Å². The van der Waals surface area contributed by atoms with Gasteiger partial charge in [0.1, 0.15) is 29.7 Å². The van der Waals surface area contributed by atoms with Crippen LogP contribution in [0.5, 0.6) is 5.75 Å². The summed E-state index contributed by atoms with van der Waals surface area (Å²) in [5.41, 5.74) is 8.57. The van der Waals surface area contributed by atoms with E-state index in [0.717, 1.165) is 29.1 Å². The molecule has 0 aliphatic carbocycles. The number of anilines is 1. The van der Waals surface area contributed by atoms with Gasteiger partial charge >= 0.3 is 0 Å². The first-order chi connectivity index (χ1) is 12.1. The van der Waals surface area contributed by atoms with Gasteiger partial charge in [0.15, 0.2) is 0 Å². The highest BCUT2D eigenvalue weighted by Gasteiger charge is 2.14. The van der Waals surface area contributed by atoms with E-state index in [9.17, 15) is 0 Å². The highest BCUT2D eigenvalue weighted by molar-refractivity contribution is 6.30. The first kappa shape index (κ1) is 17.2. The predicted octanol–water partition coefficient (Wildman–Crippen LogP) is 2.80. The molecular formula is C17H19ClN6O. The van der Waals surface area contributed by atoms with E-state index in [0.29, 0.717) is 29.8 Å². The molecule has 0 saturated heterocycles. The molecule has 2 heterocycles. The van der Waals surface area contributed by atoms with Crippen LogP contribution in [0.3, 0.4) is 0 Å². The minimum Gasteiger partial charge on any atom is -0.487 e. The van der Waals surface area contributed by atoms with Crippen LogP contribution in [0.2, 0.25) is 5.02 Å². The highest BCUT2D eigenvalue weighted by atomic mass is 35.5. The maximum Gasteiger partial charge on any atom is 0.134 e. The van der Waals surface area contributed by atoms with Gasteiger partial charge in [0.05, 0.1) is 12.2 Å². The number of halogens is 1. The van der Waals surface area contributed by atoms with E-state index in [-0.39, 0.29) is 0 Å². The second-order valence-corrected chi connectivity index (χ2v) is 6.00. The Labute approximate surface area is 150 Å². The van der Waals surface area contributed by atoms with E-state index in [2.05, 4.69) is 27.2 Å². The SMILES string of the molecule is CCc1c(COc2ccc(Cl)cc2)nnn1Cc1cnc(C)nc1N. The minimum atomic E-state index is 0.338. The Balaban J connectivity index is 1.75. The average molecular weight is 359 g/mol. The third kappa shape index (κ3) is 4.06. The zero-order valence-electron chi connectivity index (χ0n) is 14.1. The molecule has 2 aromatic heterocycles. The smallest absolute Gasteiger partial charge is 0.134 e. The van der Waals surface area contributed by atoms with Gasteiger partial charge in [-0.2, -0.15) is 0 Å². The second kappa shape index (κ2) is 7.48. The van der Waals surface area contributed by atoms with Crippen molar-refractivity contribution in [3.8, 4) is 5.75 Å². The standard InChI is InChI=1S/C17H19ClN6O/c1-3-16-15(10-25-14-6-4-13(18)5-7-14)22-23-24(16)9-12-8-20-11(2)21-17(12)19/h4-8H,3,9-10H2,1-2H3,(H2,19,20,21). The number of nitrogens with zero attached hydrogens (tertiary/aromatic N) is 5. The van der Waals surface area contributed by atoms with Gasteiger partial charge in [0, 0.05) is 16.8 Å². The second-order valence-electron chi connectivity index (χ2n) is 5.56. The van der Waals surface area contributed by atoms with Crippen molar-refractivity contribution in [3.63, 3.8) is 0 Å². The number of rotatable bonds is 6. The predicted molar refractivity (Wildman–Crippen MR) is 95.5 cm³/mol. The molecule has 2 N–H and O–H groups in total. The average Bonchev–Trinajstić information content (AvgIpc) is 2.98. The van der Waals surface area contributed by atoms with Gasteiger partial charge in [-0.3, -0.25) is 0 Å². The fraction of sp³-hybridized carbons (Fsp3) is 0.294. The normalized spacial score (nSPS) is 10.8. The molecule has 1 aromatic carbocycles. The van der Waals surface area contributed by atoms with Gasteiger partial charge in [-0.25, -0.2) is 14.6 Å². The molecule has 0 spiro atoms. The van der Waals surface area contributed by atoms with E-state index in [1.165, 1.54) is 0 Å². The Morgan fingerprint density at radius 3 is 2.68 bits per heavy atom. The lowest BCUT2D eigenvalue weighted by Gasteiger charge is -2.09. The summed E-state index contributed by atoms with van der Waals surface area (Å²) in [5, 5.41) is 9.14. The van der Waals surface area contributed by atoms with Crippen molar-refractivity contribution >= 4 is 17.4 Å². The molecule has 0 fully saturated rings. The van der Waals surface area contributed by atoms with Crippen molar-refractivity contribution in [3.05, 3.63) is 58.3 Å². The number of benzene rings is 1. The summed E-state index contributed by atoms with van der Waals surface area (Å²) >= 11 is 5.88. The van der Waals surface area contributed by atoms with E-state index in [1.807, 2.05) is 16.8 Å². The Bertz CT molecular complexity index is 862. The largest absolute Gasteiger partial charge is 0.487 e. The van der Waals surface area contributed by atoms with Crippen LogP contribution in [-0.2, 0) is 19.6 Å². The number of hydrogen-bond acceptors (Lipinski definition) is 6. The molecule has 0 amide bonds. The molecule has 0 aliphatic heterocycles. The quantitative estimate of drug-likeness (QED) is 0.728. The van der Waals surface area contributed by atoms with Crippen LogP contribution in [-0.4, -0.2) is 25.0 Å². The van der Waals surface area contributed by atoms with E-state index < -0.39 is 0 Å². The first-order valence-corrected chi connectivity index (χ1v) is 8.32. The monoisotopic (exact) mass is 358 g/mol. The molecule has 7 nitrogen and oxygen atoms in total. The lowest BCUT2D eigenvalue weighted by molar-refractivity contribution is 0.300. The third-order valence-corrected chi connectivity index (χ3v) is 4.03. The molecule has 0 radical (unpaired) electrons. The summed E-state index contributed by atoms with van der Waals surface area (Å²) in [7, 11) is 0. The maximum absolute atomic E-state index is 5.97. The highest BCUT2D eigenvalue weighted by Crippen LogP contribution is 2.18. The molecule has 0 unspecified atom stereocenters. The van der Waals surface area contributed by atoms with Gasteiger partial charge < -0.3 is 10.5 Å². The topological polar surface area (TPSA) is 91.7 Å². The summed E-state index contributed by atoms with van der Waals surface area (Å²) in [4.78, 5) is 8.38. The van der Waals surface area contributed by atoms with Crippen molar-refractivity contribution in [2.45, 2.75) is 33.4 Å². The molecule has 3 rings (SSSR count). The summed E-state index contributed by atoms with van der Waals surface area (Å²) in [6, 6.07) is 7.22. The minimum absolute atomic E-state index is 0.338. The van der Waals surface area contributed by atoms with Crippen molar-refractivity contribution in [2.75, 3.05) is 5.73 Å². The van der Waals surface area contributed by atoms with Crippen LogP contribution >= 0.6 is 11.6 Å². The van der Waals surface area contributed by atoms with Crippen molar-refractivity contribution < 1.29 is 4.74 Å². The van der Waals surface area contributed by atoms with Gasteiger partial charge in [-0.15, -0.1) is 5.10 Å². The van der Waals surface area contributed by atoms with E-state index in [1.54, 1.807) is 25.3 Å². The van der Waals surface area contributed by atoms with E-state index in [4.69, 9.17) is 22.1 Å². The molecule has 3 aromatic rings. The summed E-state index contributed by atoms with van der Waals surface area (Å²) < 4.78 is 7.58. The van der Waals surface area contributed by atoms with Gasteiger partial charge in [0.25, 0.3) is 0 Å². The van der Waals surface area contributed by atoms with Crippen LogP contribution in [0.25, 0.3) is 0 Å². The number of aromatic nitrogens is 5. The molecule has 130 valence electrons. The Hall–Kier alpha value is -2.67. The number of aryl methyl sites for hydroxylation is 1. The van der Waals surface area contributed by atoms with Crippen LogP contribution in [0.15, 0.2) is 30.5 Å². The molecule has 8 heteroatoms. The summed E-state index contributed by atoms with van der Waals surface area (Å²) in [6.07, 6.45) is 2.50. The van der Waals surface area contributed by atoms with Crippen LogP contribution in [0.4, 0.5) is 5.82 Å². The van der Waals surface area contributed by atoms with Crippen LogP contribution < -0.4 is 10.5 Å². The Morgan fingerprint density at radius 2 is 2.00 bits per heavy atom. The fourth-order valence-electron chi connectivity index (χ4n) is 2.47. The molecule has 0 saturated carbocycles. The summed E-state index contributed by atoms with van der Waals surface area (Å²) in [6.45, 7) is 4.67. The lowest BCUT2D eigenvalue weighted by atomic mass is 10.2. The third-order valence-electron chi connectivity index (χ3n) is 3.78.